The second kappa shape index (κ2) is 4.19. The molecule has 3 N–H and O–H groups in total. The van der Waals surface area contributed by atoms with Gasteiger partial charge in [-0.3, -0.25) is 0 Å². The van der Waals surface area contributed by atoms with Crippen molar-refractivity contribution in [3.8, 4) is 0 Å². The van der Waals surface area contributed by atoms with Gasteiger partial charge in [0.25, 0.3) is 0 Å². The summed E-state index contributed by atoms with van der Waals surface area (Å²) < 4.78 is 0. The van der Waals surface area contributed by atoms with Crippen LogP contribution in [-0.4, -0.2) is 38.5 Å². The Labute approximate surface area is 49.3 Å². The zero-order chi connectivity index (χ0) is 3.58. The molecule has 0 fully saturated rings. The van der Waals surface area contributed by atoms with Crippen molar-refractivity contribution in [3.63, 3.8) is 0 Å². The van der Waals surface area contributed by atoms with E-state index in [0.717, 1.165) is 0 Å². The van der Waals surface area contributed by atoms with E-state index in [-0.39, 0.29) is 27.3 Å². The van der Waals surface area contributed by atoms with Crippen LogP contribution in [0.1, 0.15) is 0 Å². The number of rotatable bonds is 0. The van der Waals surface area contributed by atoms with Crippen molar-refractivity contribution < 1.29 is 9.90 Å². The molecule has 0 aromatic heterocycles. The summed E-state index contributed by atoms with van der Waals surface area (Å²) in [6.07, 6.45) is -1.33. The maximum atomic E-state index is 8.78. The molecule has 0 aliphatic carbocycles. The van der Waals surface area contributed by atoms with E-state index >= 15 is 0 Å². The van der Waals surface area contributed by atoms with Gasteiger partial charge in [0.15, 0.2) is 0 Å². The summed E-state index contributed by atoms with van der Waals surface area (Å²) in [5.41, 5.74) is 4.03. The van der Waals surface area contributed by atoms with Crippen LogP contribution in [0.25, 0.3) is 0 Å². The number of primary amides is 1. The normalized spacial score (nSPS) is 4.80. The third-order valence-corrected chi connectivity index (χ3v) is 0. The van der Waals surface area contributed by atoms with Crippen LogP contribution in [0, 0.1) is 0 Å². The Morgan fingerprint density at radius 2 is 1.80 bits per heavy atom. The molecule has 0 atom stereocenters. The molecular formula is CH7NO2Pb. The fraction of sp³-hybridized carbons (Fsp3) is 0. The van der Waals surface area contributed by atoms with Gasteiger partial charge in [-0.05, 0) is 0 Å². The number of hydrogen-bond donors (Lipinski definition) is 2. The van der Waals surface area contributed by atoms with Gasteiger partial charge in [-0.2, -0.15) is 0 Å². The first-order chi connectivity index (χ1) is 1.73. The van der Waals surface area contributed by atoms with Crippen LogP contribution in [0.4, 0.5) is 4.79 Å². The fourth-order valence-electron chi connectivity index (χ4n) is 0. The Balaban J connectivity index is 0. The standard InChI is InChI=1S/CH3NO2.Pb.4H/c2-1(3)4;;;;;/h2H2,(H,3,4);;;;;. The van der Waals surface area contributed by atoms with E-state index in [1.807, 2.05) is 0 Å². The molecule has 4 heteroatoms. The molecule has 0 aromatic rings. The van der Waals surface area contributed by atoms with Gasteiger partial charge in [-0.1, -0.05) is 0 Å². The van der Waals surface area contributed by atoms with Gasteiger partial charge < -0.3 is 10.8 Å². The summed E-state index contributed by atoms with van der Waals surface area (Å²) >= 11 is 0. The van der Waals surface area contributed by atoms with Crippen molar-refractivity contribution in [2.75, 3.05) is 0 Å². The maximum absolute atomic E-state index is 8.78. The molecule has 0 rings (SSSR count). The third-order valence-electron chi connectivity index (χ3n) is 0. The van der Waals surface area contributed by atoms with Gasteiger partial charge >= 0.3 is 33.4 Å². The van der Waals surface area contributed by atoms with Gasteiger partial charge in [0.05, 0.1) is 0 Å². The molecule has 0 radical (unpaired) electrons. The van der Waals surface area contributed by atoms with E-state index in [2.05, 4.69) is 5.73 Å². The Morgan fingerprint density at radius 3 is 1.80 bits per heavy atom. The van der Waals surface area contributed by atoms with Crippen LogP contribution in [0.15, 0.2) is 0 Å². The summed E-state index contributed by atoms with van der Waals surface area (Å²) in [7, 11) is 0. The molecule has 0 saturated heterocycles. The van der Waals surface area contributed by atoms with Crippen LogP contribution in [0.2, 0.25) is 0 Å². The van der Waals surface area contributed by atoms with Crippen LogP contribution in [-0.2, 0) is 0 Å². The number of carboxylic acid groups (broad SMARTS) is 1. The summed E-state index contributed by atoms with van der Waals surface area (Å²) in [6, 6.07) is 0. The Morgan fingerprint density at radius 1 is 1.80 bits per heavy atom. The molecule has 0 unspecified atom stereocenters. The van der Waals surface area contributed by atoms with Gasteiger partial charge in [0.2, 0.25) is 0 Å². The summed E-state index contributed by atoms with van der Waals surface area (Å²) in [6.45, 7) is 0. The Bertz CT molecular complexity index is 32.6. The molecule has 0 aliphatic rings. The van der Waals surface area contributed by atoms with Gasteiger partial charge in [0.1, 0.15) is 0 Å². The molecule has 1 amide bonds. The van der Waals surface area contributed by atoms with Crippen LogP contribution >= 0.6 is 0 Å². The first-order valence-electron chi connectivity index (χ1n) is 0.716. The zero-order valence-electron chi connectivity index (χ0n) is 1.93. The molecule has 0 bridgehead atoms. The summed E-state index contributed by atoms with van der Waals surface area (Å²) in [5, 5.41) is 7.19. The fourth-order valence-corrected chi connectivity index (χ4v) is 0. The number of amides is 1. The van der Waals surface area contributed by atoms with E-state index < -0.39 is 6.09 Å². The molecule has 0 aromatic carbocycles. The average molecular weight is 272 g/mol. The average Bonchev–Trinajstić information content (AvgIpc) is 0.811. The SMILES string of the molecule is NC(=O)O.[PbH4]. The third kappa shape index (κ3) is 546. The van der Waals surface area contributed by atoms with Crippen molar-refractivity contribution in [2.24, 2.45) is 5.73 Å². The molecule has 3 nitrogen and oxygen atoms in total. The van der Waals surface area contributed by atoms with E-state index in [1.54, 1.807) is 0 Å². The summed E-state index contributed by atoms with van der Waals surface area (Å²) in [5.74, 6) is 0. The van der Waals surface area contributed by atoms with Crippen molar-refractivity contribution in [1.29, 1.82) is 0 Å². The number of hydrogen-bond acceptors (Lipinski definition) is 1. The van der Waals surface area contributed by atoms with Crippen molar-refractivity contribution in [3.05, 3.63) is 0 Å². The van der Waals surface area contributed by atoms with Crippen LogP contribution < -0.4 is 5.73 Å². The molecule has 32 valence electrons. The second-order valence-corrected chi connectivity index (χ2v) is 0.338. The molecule has 0 heterocycles. The first-order valence-corrected chi connectivity index (χ1v) is 0.716. The number of nitrogens with two attached hydrogens (primary N) is 1. The topological polar surface area (TPSA) is 63.3 Å². The predicted octanol–water partition coefficient (Wildman–Crippen LogP) is -1.83. The quantitative estimate of drug-likeness (QED) is 0.510. The van der Waals surface area contributed by atoms with Crippen molar-refractivity contribution in [1.82, 2.24) is 0 Å². The van der Waals surface area contributed by atoms with Crippen LogP contribution in [0.5, 0.6) is 0 Å². The molecule has 5 heavy (non-hydrogen) atoms. The van der Waals surface area contributed by atoms with Gasteiger partial charge in [-0.25, -0.2) is 4.79 Å². The summed E-state index contributed by atoms with van der Waals surface area (Å²) in [4.78, 5) is 8.78. The van der Waals surface area contributed by atoms with E-state index in [9.17, 15) is 0 Å². The van der Waals surface area contributed by atoms with Crippen molar-refractivity contribution >= 4 is 33.4 Å². The van der Waals surface area contributed by atoms with Gasteiger partial charge in [-0.15, -0.1) is 0 Å². The van der Waals surface area contributed by atoms with E-state index in [4.69, 9.17) is 9.90 Å². The van der Waals surface area contributed by atoms with Crippen molar-refractivity contribution in [2.45, 2.75) is 0 Å². The Kier molecular flexibility index (Phi) is 7.51. The zero-order valence-corrected chi connectivity index (χ0v) is 1.93. The number of carbonyl (C=O) groups is 1. The van der Waals surface area contributed by atoms with Gasteiger partial charge in [0, 0.05) is 0 Å². The molecule has 0 aliphatic heterocycles. The minimum absolute atomic E-state index is 0. The first kappa shape index (κ1) is 8.95. The second-order valence-electron chi connectivity index (χ2n) is 0.338. The predicted molar refractivity (Wildman–Crippen MR) is 23.5 cm³/mol. The molecule has 0 saturated carbocycles. The Hall–Kier alpha value is 0.192. The molecule has 0 spiro atoms. The minimum atomic E-state index is -1.33. The molecular weight excluding hydrogens is 265 g/mol. The van der Waals surface area contributed by atoms with E-state index in [1.165, 1.54) is 0 Å². The monoisotopic (exact) mass is 273 g/mol. The van der Waals surface area contributed by atoms with E-state index in [0.29, 0.717) is 0 Å². The van der Waals surface area contributed by atoms with Crippen LogP contribution in [0.3, 0.4) is 0 Å².